The van der Waals surface area contributed by atoms with Crippen molar-refractivity contribution in [3.05, 3.63) is 59.7 Å². The van der Waals surface area contributed by atoms with Gasteiger partial charge in [0.25, 0.3) is 5.91 Å². The van der Waals surface area contributed by atoms with Crippen LogP contribution in [0.5, 0.6) is 11.5 Å². The molecule has 0 saturated carbocycles. The number of unbranched alkanes of at least 4 members (excludes halogenated alkanes) is 1. The first kappa shape index (κ1) is 18.9. The molecule has 6 nitrogen and oxygen atoms in total. The maximum Gasteiger partial charge on any atom is 0.251 e. The molecular weight excluding hydrogens is 344 g/mol. The summed E-state index contributed by atoms with van der Waals surface area (Å²) in [5.41, 5.74) is 1.27. The highest BCUT2D eigenvalue weighted by Crippen LogP contribution is 2.27. The van der Waals surface area contributed by atoms with Gasteiger partial charge in [-0.1, -0.05) is 12.1 Å². The van der Waals surface area contributed by atoms with Gasteiger partial charge in [-0.3, -0.25) is 9.59 Å². The average Bonchev–Trinajstić information content (AvgIpc) is 3.03. The molecule has 1 unspecified atom stereocenters. The first-order valence-corrected chi connectivity index (χ1v) is 9.12. The number of fused-ring (bicyclic) bond motifs is 1. The normalized spacial score (nSPS) is 15.1. The molecule has 1 aliphatic rings. The molecule has 1 aliphatic heterocycles. The number of carbonyl (C=O) groups excluding carboxylic acids is 2. The van der Waals surface area contributed by atoms with E-state index in [1.165, 1.54) is 0 Å². The number of methoxy groups -OCH3 is 1. The maximum atomic E-state index is 12.2. The molecule has 142 valence electrons. The fraction of sp³-hybridized carbons (Fsp3) is 0.333. The van der Waals surface area contributed by atoms with E-state index in [1.54, 1.807) is 37.4 Å². The predicted octanol–water partition coefficient (Wildman–Crippen LogP) is 2.44. The summed E-state index contributed by atoms with van der Waals surface area (Å²) in [6.07, 6.45) is 1.31. The summed E-state index contributed by atoms with van der Waals surface area (Å²) in [4.78, 5) is 24.2. The van der Waals surface area contributed by atoms with Gasteiger partial charge in [-0.2, -0.15) is 0 Å². The quantitative estimate of drug-likeness (QED) is 0.665. The summed E-state index contributed by atoms with van der Waals surface area (Å²) in [6.45, 7) is 1.87. The van der Waals surface area contributed by atoms with Crippen LogP contribution in [0.4, 0.5) is 0 Å². The van der Waals surface area contributed by atoms with Gasteiger partial charge in [0.05, 0.1) is 12.7 Å². The summed E-state index contributed by atoms with van der Waals surface area (Å²) < 4.78 is 10.7. The Hall–Kier alpha value is -2.86. The number of amides is 1. The number of rotatable bonds is 9. The molecule has 3 rings (SSSR count). The van der Waals surface area contributed by atoms with E-state index in [0.717, 1.165) is 25.1 Å². The standard InChI is InChI=1S/C21H24N2O4/c1-26-16-10-8-15(9-11-16)21(25)23-13-5-4-12-22-14-19-20(24)17-6-2-3-7-18(17)27-19/h2-3,6-11,19,22H,4-5,12-14H2,1H3,(H,23,25). The van der Waals surface area contributed by atoms with Gasteiger partial charge in [0.2, 0.25) is 5.78 Å². The van der Waals surface area contributed by atoms with Gasteiger partial charge in [0, 0.05) is 18.7 Å². The molecule has 0 fully saturated rings. The monoisotopic (exact) mass is 368 g/mol. The van der Waals surface area contributed by atoms with Crippen molar-refractivity contribution in [3.63, 3.8) is 0 Å². The number of nitrogens with one attached hydrogen (secondary N) is 2. The lowest BCUT2D eigenvalue weighted by atomic mass is 10.1. The minimum atomic E-state index is -0.447. The van der Waals surface area contributed by atoms with Crippen molar-refractivity contribution in [3.8, 4) is 11.5 Å². The van der Waals surface area contributed by atoms with Crippen LogP contribution in [-0.2, 0) is 0 Å². The van der Waals surface area contributed by atoms with Gasteiger partial charge in [0.1, 0.15) is 11.5 Å². The van der Waals surface area contributed by atoms with Crippen molar-refractivity contribution < 1.29 is 19.1 Å². The molecule has 0 saturated heterocycles. The summed E-state index contributed by atoms with van der Waals surface area (Å²) in [7, 11) is 1.59. The Morgan fingerprint density at radius 1 is 1.07 bits per heavy atom. The van der Waals surface area contributed by atoms with Crippen molar-refractivity contribution in [1.82, 2.24) is 10.6 Å². The third kappa shape index (κ3) is 4.86. The fourth-order valence-corrected chi connectivity index (χ4v) is 2.94. The second-order valence-corrected chi connectivity index (χ2v) is 6.36. The highest BCUT2D eigenvalue weighted by Gasteiger charge is 2.31. The molecule has 27 heavy (non-hydrogen) atoms. The summed E-state index contributed by atoms with van der Waals surface area (Å²) in [5.74, 6) is 1.33. The van der Waals surface area contributed by atoms with Gasteiger partial charge in [-0.15, -0.1) is 0 Å². The second-order valence-electron chi connectivity index (χ2n) is 6.36. The number of Topliss-reactive ketones (excluding diaryl/α,β-unsaturated/α-hetero) is 1. The lowest BCUT2D eigenvalue weighted by molar-refractivity contribution is 0.0856. The molecule has 2 aromatic carbocycles. The molecular formula is C21H24N2O4. The zero-order valence-electron chi connectivity index (χ0n) is 15.4. The molecule has 1 heterocycles. The van der Waals surface area contributed by atoms with Crippen LogP contribution in [0.2, 0.25) is 0 Å². The van der Waals surface area contributed by atoms with Gasteiger partial charge in [-0.25, -0.2) is 0 Å². The highest BCUT2D eigenvalue weighted by molar-refractivity contribution is 6.04. The molecule has 0 spiro atoms. The first-order chi connectivity index (χ1) is 13.2. The Kier molecular flexibility index (Phi) is 6.44. The van der Waals surface area contributed by atoms with Gasteiger partial charge in [-0.05, 0) is 55.8 Å². The number of benzene rings is 2. The summed E-state index contributed by atoms with van der Waals surface area (Å²) >= 11 is 0. The Labute approximate surface area is 158 Å². The number of hydrogen-bond acceptors (Lipinski definition) is 5. The van der Waals surface area contributed by atoms with E-state index in [4.69, 9.17) is 9.47 Å². The van der Waals surface area contributed by atoms with E-state index < -0.39 is 6.10 Å². The first-order valence-electron chi connectivity index (χ1n) is 9.12. The maximum absolute atomic E-state index is 12.2. The molecule has 0 aromatic heterocycles. The lowest BCUT2D eigenvalue weighted by Crippen LogP contribution is -2.34. The fourth-order valence-electron chi connectivity index (χ4n) is 2.94. The van der Waals surface area contributed by atoms with E-state index in [9.17, 15) is 9.59 Å². The molecule has 1 amide bonds. The van der Waals surface area contributed by atoms with Gasteiger partial charge in [0.15, 0.2) is 6.10 Å². The Bertz CT molecular complexity index is 789. The minimum Gasteiger partial charge on any atom is -0.497 e. The Balaban J connectivity index is 1.28. The lowest BCUT2D eigenvalue weighted by Gasteiger charge is -2.11. The van der Waals surface area contributed by atoms with Crippen molar-refractivity contribution in [2.75, 3.05) is 26.7 Å². The number of ether oxygens (including phenoxy) is 2. The van der Waals surface area contributed by atoms with Crippen molar-refractivity contribution in [2.45, 2.75) is 18.9 Å². The SMILES string of the molecule is COc1ccc(C(=O)NCCCCNCC2Oc3ccccc3C2=O)cc1. The van der Waals surface area contributed by atoms with Crippen LogP contribution in [0.3, 0.4) is 0 Å². The molecule has 0 bridgehead atoms. The zero-order valence-corrected chi connectivity index (χ0v) is 15.4. The Morgan fingerprint density at radius 3 is 2.56 bits per heavy atom. The van der Waals surface area contributed by atoms with Crippen molar-refractivity contribution >= 4 is 11.7 Å². The molecule has 0 radical (unpaired) electrons. The van der Waals surface area contributed by atoms with Crippen LogP contribution in [0.1, 0.15) is 33.6 Å². The minimum absolute atomic E-state index is 0.0323. The van der Waals surface area contributed by atoms with E-state index in [2.05, 4.69) is 10.6 Å². The average molecular weight is 368 g/mol. The topological polar surface area (TPSA) is 76.7 Å². The van der Waals surface area contributed by atoms with Gasteiger partial charge < -0.3 is 20.1 Å². The van der Waals surface area contributed by atoms with Crippen LogP contribution < -0.4 is 20.1 Å². The van der Waals surface area contributed by atoms with Crippen LogP contribution in [0.15, 0.2) is 48.5 Å². The highest BCUT2D eigenvalue weighted by atomic mass is 16.5. The van der Waals surface area contributed by atoms with Gasteiger partial charge >= 0.3 is 0 Å². The third-order valence-electron chi connectivity index (χ3n) is 4.46. The summed E-state index contributed by atoms with van der Waals surface area (Å²) in [5, 5.41) is 6.15. The molecule has 6 heteroatoms. The number of para-hydroxylation sites is 1. The number of hydrogen-bond donors (Lipinski definition) is 2. The van der Waals surface area contributed by atoms with Crippen LogP contribution >= 0.6 is 0 Å². The van der Waals surface area contributed by atoms with E-state index in [0.29, 0.717) is 30.0 Å². The van der Waals surface area contributed by atoms with E-state index in [1.807, 2.05) is 18.2 Å². The summed E-state index contributed by atoms with van der Waals surface area (Å²) in [6, 6.07) is 14.3. The Morgan fingerprint density at radius 2 is 1.81 bits per heavy atom. The predicted molar refractivity (Wildman–Crippen MR) is 103 cm³/mol. The molecule has 0 aliphatic carbocycles. The molecule has 2 N–H and O–H groups in total. The van der Waals surface area contributed by atoms with Crippen molar-refractivity contribution in [2.24, 2.45) is 0 Å². The van der Waals surface area contributed by atoms with E-state index in [-0.39, 0.29) is 11.7 Å². The second kappa shape index (κ2) is 9.19. The third-order valence-corrected chi connectivity index (χ3v) is 4.46. The van der Waals surface area contributed by atoms with Crippen LogP contribution in [-0.4, -0.2) is 44.5 Å². The van der Waals surface area contributed by atoms with Crippen LogP contribution in [0, 0.1) is 0 Å². The number of carbonyl (C=O) groups is 2. The van der Waals surface area contributed by atoms with E-state index >= 15 is 0 Å². The zero-order chi connectivity index (χ0) is 19.1. The smallest absolute Gasteiger partial charge is 0.251 e. The largest absolute Gasteiger partial charge is 0.497 e. The number of ketones is 1. The van der Waals surface area contributed by atoms with Crippen molar-refractivity contribution in [1.29, 1.82) is 0 Å². The molecule has 1 atom stereocenters. The molecule has 2 aromatic rings. The van der Waals surface area contributed by atoms with Crippen LogP contribution in [0.25, 0.3) is 0 Å².